The normalized spacial score (nSPS) is 13.5. The zero-order chi connectivity index (χ0) is 16.5. The van der Waals surface area contributed by atoms with Crippen LogP contribution in [-0.4, -0.2) is 16.7 Å². The summed E-state index contributed by atoms with van der Waals surface area (Å²) in [6, 6.07) is 15.8. The average Bonchev–Trinajstić information content (AvgIpc) is 3.25. The second kappa shape index (κ2) is 6.16. The van der Waals surface area contributed by atoms with Crippen molar-refractivity contribution in [3.63, 3.8) is 0 Å². The molecule has 3 aromatic rings. The summed E-state index contributed by atoms with van der Waals surface area (Å²) in [6.45, 7) is 6.58. The number of anilines is 1. The lowest BCUT2D eigenvalue weighted by atomic mass is 10.0. The first kappa shape index (κ1) is 15.0. The molecule has 2 aromatic carbocycles. The van der Waals surface area contributed by atoms with E-state index in [9.17, 15) is 0 Å². The molecule has 0 bridgehead atoms. The highest BCUT2D eigenvalue weighted by Gasteiger charge is 2.20. The Kier molecular flexibility index (Phi) is 3.85. The fraction of sp³-hybridized carbons (Fsp3) is 0.286. The van der Waals surface area contributed by atoms with E-state index in [1.807, 2.05) is 12.4 Å². The molecule has 3 nitrogen and oxygen atoms in total. The molecule has 0 spiro atoms. The molecule has 0 amide bonds. The third-order valence-corrected chi connectivity index (χ3v) is 4.89. The number of hydrogen-bond acceptors (Lipinski definition) is 2. The average molecular weight is 317 g/mol. The number of rotatable bonds is 4. The summed E-state index contributed by atoms with van der Waals surface area (Å²) in [5.74, 6) is 0.577. The summed E-state index contributed by atoms with van der Waals surface area (Å²) in [6.07, 6.45) is 4.95. The molecule has 0 fully saturated rings. The third-order valence-electron chi connectivity index (χ3n) is 4.89. The van der Waals surface area contributed by atoms with Crippen LogP contribution in [0.25, 0.3) is 11.1 Å². The Morgan fingerprint density at radius 1 is 1.12 bits per heavy atom. The highest BCUT2D eigenvalue weighted by atomic mass is 15.1. The summed E-state index contributed by atoms with van der Waals surface area (Å²) in [7, 11) is 0. The van der Waals surface area contributed by atoms with Crippen molar-refractivity contribution in [2.75, 3.05) is 11.4 Å². The van der Waals surface area contributed by atoms with Gasteiger partial charge in [0.25, 0.3) is 0 Å². The smallest absolute Gasteiger partial charge is 0.0565 e. The van der Waals surface area contributed by atoms with E-state index >= 15 is 0 Å². The van der Waals surface area contributed by atoms with Gasteiger partial charge in [0.2, 0.25) is 0 Å². The molecule has 1 aliphatic heterocycles. The molecule has 0 aliphatic carbocycles. The molecule has 0 saturated heterocycles. The first-order valence-corrected chi connectivity index (χ1v) is 8.66. The lowest BCUT2D eigenvalue weighted by Crippen LogP contribution is -2.19. The number of nitrogens with one attached hydrogen (secondary N) is 1. The first-order chi connectivity index (χ1) is 11.7. The quantitative estimate of drug-likeness (QED) is 0.752. The molecule has 1 aliphatic rings. The maximum absolute atomic E-state index is 4.05. The number of aromatic nitrogens is 2. The Labute approximate surface area is 143 Å². The first-order valence-electron chi connectivity index (χ1n) is 8.66. The SMILES string of the molecule is CC(C)c1cccc(CN2CCc3cc(-c4cn[nH]c4)ccc32)c1. The van der Waals surface area contributed by atoms with Crippen molar-refractivity contribution in [1.29, 1.82) is 0 Å². The van der Waals surface area contributed by atoms with Crippen molar-refractivity contribution in [2.24, 2.45) is 0 Å². The van der Waals surface area contributed by atoms with Gasteiger partial charge in [-0.15, -0.1) is 0 Å². The predicted octanol–water partition coefficient (Wildman–Crippen LogP) is 4.76. The standard InChI is InChI=1S/C21H23N3/c1-15(2)17-5-3-4-16(10-17)14-24-9-8-19-11-18(6-7-21(19)24)20-12-22-23-13-20/h3-7,10-13,15H,8-9,14H2,1-2H3,(H,22,23). The second-order valence-electron chi connectivity index (χ2n) is 6.90. The molecule has 2 heterocycles. The number of benzene rings is 2. The number of fused-ring (bicyclic) bond motifs is 1. The fourth-order valence-corrected chi connectivity index (χ4v) is 3.49. The van der Waals surface area contributed by atoms with Gasteiger partial charge in [-0.25, -0.2) is 0 Å². The van der Waals surface area contributed by atoms with Crippen LogP contribution in [0.4, 0.5) is 5.69 Å². The zero-order valence-electron chi connectivity index (χ0n) is 14.3. The van der Waals surface area contributed by atoms with Crippen LogP contribution >= 0.6 is 0 Å². The van der Waals surface area contributed by atoms with Crippen molar-refractivity contribution < 1.29 is 0 Å². The van der Waals surface area contributed by atoms with Crippen LogP contribution in [-0.2, 0) is 13.0 Å². The largest absolute Gasteiger partial charge is 0.367 e. The molecule has 1 aromatic heterocycles. The van der Waals surface area contributed by atoms with Crippen LogP contribution < -0.4 is 4.90 Å². The monoisotopic (exact) mass is 317 g/mol. The topological polar surface area (TPSA) is 31.9 Å². The van der Waals surface area contributed by atoms with Crippen molar-refractivity contribution in [3.05, 3.63) is 71.5 Å². The van der Waals surface area contributed by atoms with E-state index in [2.05, 4.69) is 71.4 Å². The highest BCUT2D eigenvalue weighted by Crippen LogP contribution is 2.33. The van der Waals surface area contributed by atoms with Gasteiger partial charge in [0, 0.05) is 30.5 Å². The minimum Gasteiger partial charge on any atom is -0.367 e. The molecule has 122 valence electrons. The molecular weight excluding hydrogens is 294 g/mol. The Bertz CT molecular complexity index is 834. The number of H-pyrrole nitrogens is 1. The molecule has 4 rings (SSSR count). The summed E-state index contributed by atoms with van der Waals surface area (Å²) in [5, 5.41) is 6.94. The fourth-order valence-electron chi connectivity index (χ4n) is 3.49. The van der Waals surface area contributed by atoms with Gasteiger partial charge in [0.15, 0.2) is 0 Å². The molecule has 24 heavy (non-hydrogen) atoms. The van der Waals surface area contributed by atoms with Gasteiger partial charge in [0.05, 0.1) is 6.20 Å². The van der Waals surface area contributed by atoms with E-state index < -0.39 is 0 Å². The minimum atomic E-state index is 0.577. The molecular formula is C21H23N3. The summed E-state index contributed by atoms with van der Waals surface area (Å²) < 4.78 is 0. The van der Waals surface area contributed by atoms with Crippen molar-refractivity contribution in [1.82, 2.24) is 10.2 Å². The van der Waals surface area contributed by atoms with E-state index in [-0.39, 0.29) is 0 Å². The van der Waals surface area contributed by atoms with Crippen LogP contribution in [0.15, 0.2) is 54.9 Å². The lowest BCUT2D eigenvalue weighted by Gasteiger charge is -2.20. The van der Waals surface area contributed by atoms with E-state index in [4.69, 9.17) is 0 Å². The molecule has 1 N–H and O–H groups in total. The van der Waals surface area contributed by atoms with E-state index in [1.165, 1.54) is 27.9 Å². The molecule has 0 saturated carbocycles. The number of nitrogens with zero attached hydrogens (tertiary/aromatic N) is 2. The van der Waals surface area contributed by atoms with Crippen LogP contribution in [0.2, 0.25) is 0 Å². The maximum atomic E-state index is 4.05. The highest BCUT2D eigenvalue weighted by molar-refractivity contribution is 5.69. The van der Waals surface area contributed by atoms with Gasteiger partial charge in [-0.05, 0) is 46.7 Å². The van der Waals surface area contributed by atoms with E-state index in [1.54, 1.807) is 0 Å². The van der Waals surface area contributed by atoms with Gasteiger partial charge < -0.3 is 4.90 Å². The lowest BCUT2D eigenvalue weighted by molar-refractivity contribution is 0.824. The van der Waals surface area contributed by atoms with Gasteiger partial charge >= 0.3 is 0 Å². The maximum Gasteiger partial charge on any atom is 0.0565 e. The van der Waals surface area contributed by atoms with E-state index in [0.29, 0.717) is 5.92 Å². The number of aromatic amines is 1. The van der Waals surface area contributed by atoms with Crippen molar-refractivity contribution in [2.45, 2.75) is 32.7 Å². The number of hydrogen-bond donors (Lipinski definition) is 1. The van der Waals surface area contributed by atoms with Gasteiger partial charge in [0.1, 0.15) is 0 Å². The van der Waals surface area contributed by atoms with Gasteiger partial charge in [-0.3, -0.25) is 5.10 Å². The molecule has 3 heteroatoms. The minimum absolute atomic E-state index is 0.577. The van der Waals surface area contributed by atoms with Crippen LogP contribution in [0.1, 0.15) is 36.5 Å². The Balaban J connectivity index is 1.57. The second-order valence-corrected chi connectivity index (χ2v) is 6.90. The summed E-state index contributed by atoms with van der Waals surface area (Å²) >= 11 is 0. The van der Waals surface area contributed by atoms with Crippen LogP contribution in [0.5, 0.6) is 0 Å². The van der Waals surface area contributed by atoms with Crippen LogP contribution in [0, 0.1) is 0 Å². The molecule has 0 radical (unpaired) electrons. The summed E-state index contributed by atoms with van der Waals surface area (Å²) in [4.78, 5) is 2.49. The molecule has 0 atom stereocenters. The Hall–Kier alpha value is -2.55. The summed E-state index contributed by atoms with van der Waals surface area (Å²) in [5.41, 5.74) is 8.02. The zero-order valence-corrected chi connectivity index (χ0v) is 14.3. The van der Waals surface area contributed by atoms with Gasteiger partial charge in [-0.2, -0.15) is 5.10 Å². The van der Waals surface area contributed by atoms with E-state index in [0.717, 1.165) is 25.1 Å². The molecule has 0 unspecified atom stereocenters. The van der Waals surface area contributed by atoms with Gasteiger partial charge in [-0.1, -0.05) is 44.2 Å². The third kappa shape index (κ3) is 2.82. The Morgan fingerprint density at radius 2 is 2.04 bits per heavy atom. The van der Waals surface area contributed by atoms with Crippen molar-refractivity contribution >= 4 is 5.69 Å². The Morgan fingerprint density at radius 3 is 2.83 bits per heavy atom. The predicted molar refractivity (Wildman–Crippen MR) is 99.3 cm³/mol. The van der Waals surface area contributed by atoms with Crippen LogP contribution in [0.3, 0.4) is 0 Å². The van der Waals surface area contributed by atoms with Crippen molar-refractivity contribution in [3.8, 4) is 11.1 Å².